The number of benzene rings is 1. The first-order valence-electron chi connectivity index (χ1n) is 6.39. The van der Waals surface area contributed by atoms with Gasteiger partial charge in [-0.2, -0.15) is 11.8 Å². The van der Waals surface area contributed by atoms with Gasteiger partial charge < -0.3 is 10.6 Å². The fourth-order valence-electron chi connectivity index (χ4n) is 2.29. The summed E-state index contributed by atoms with van der Waals surface area (Å²) in [7, 11) is 0. The molecule has 2 rings (SSSR count). The van der Waals surface area contributed by atoms with E-state index < -0.39 is 0 Å². The van der Waals surface area contributed by atoms with Gasteiger partial charge in [-0.05, 0) is 30.2 Å². The van der Waals surface area contributed by atoms with Crippen LogP contribution in [0.3, 0.4) is 0 Å². The van der Waals surface area contributed by atoms with Crippen LogP contribution in [0.5, 0.6) is 0 Å². The zero-order valence-corrected chi connectivity index (χ0v) is 13.5. The molecule has 1 saturated heterocycles. The predicted molar refractivity (Wildman–Crippen MR) is 85.4 cm³/mol. The summed E-state index contributed by atoms with van der Waals surface area (Å²) in [5.74, 6) is 1.19. The fourth-order valence-corrected chi connectivity index (χ4v) is 3.80. The summed E-state index contributed by atoms with van der Waals surface area (Å²) >= 11 is 5.59. The Morgan fingerprint density at radius 3 is 2.89 bits per heavy atom. The second kappa shape index (κ2) is 5.85. The normalized spacial score (nSPS) is 19.7. The van der Waals surface area contributed by atoms with Crippen LogP contribution in [-0.4, -0.2) is 23.6 Å². The Morgan fingerprint density at radius 2 is 2.17 bits per heavy atom. The molecular weight excluding hydrogens is 308 g/mol. The smallest absolute Gasteiger partial charge is 0.0412 e. The quantitative estimate of drug-likeness (QED) is 0.898. The minimum atomic E-state index is 0.396. The first kappa shape index (κ1) is 14.2. The summed E-state index contributed by atoms with van der Waals surface area (Å²) in [6.45, 7) is 7.51. The lowest BCUT2D eigenvalue weighted by atomic mass is 10.1. The van der Waals surface area contributed by atoms with E-state index in [9.17, 15) is 0 Å². The Balaban J connectivity index is 2.21. The Labute approximate surface area is 122 Å². The van der Waals surface area contributed by atoms with Crippen molar-refractivity contribution in [3.8, 4) is 0 Å². The number of hydrogen-bond donors (Lipinski definition) is 1. The van der Waals surface area contributed by atoms with E-state index in [2.05, 4.69) is 64.6 Å². The van der Waals surface area contributed by atoms with E-state index in [4.69, 9.17) is 5.73 Å². The van der Waals surface area contributed by atoms with Gasteiger partial charge >= 0.3 is 0 Å². The molecule has 2 N–H and O–H groups in total. The molecule has 4 heteroatoms. The van der Waals surface area contributed by atoms with Gasteiger partial charge in [-0.25, -0.2) is 0 Å². The van der Waals surface area contributed by atoms with Gasteiger partial charge in [-0.15, -0.1) is 0 Å². The summed E-state index contributed by atoms with van der Waals surface area (Å²) in [5, 5.41) is 0. The summed E-state index contributed by atoms with van der Waals surface area (Å²) in [6.07, 6.45) is 1.22. The summed E-state index contributed by atoms with van der Waals surface area (Å²) in [5.41, 5.74) is 8.40. The summed E-state index contributed by atoms with van der Waals surface area (Å²) < 4.78 is 1.50. The molecule has 1 heterocycles. The molecule has 0 radical (unpaired) electrons. The zero-order chi connectivity index (χ0) is 13.2. The van der Waals surface area contributed by atoms with Gasteiger partial charge in [0.15, 0.2) is 0 Å². The second-order valence-corrected chi connectivity index (χ2v) is 8.04. The maximum Gasteiger partial charge on any atom is 0.0412 e. The molecule has 1 fully saturated rings. The molecule has 0 aromatic heterocycles. The van der Waals surface area contributed by atoms with Crippen LogP contribution in [0.4, 0.5) is 5.69 Å². The number of nitrogens with zero attached hydrogens (tertiary/aromatic N) is 1. The average molecular weight is 329 g/mol. The van der Waals surface area contributed by atoms with E-state index in [1.165, 1.54) is 23.4 Å². The fraction of sp³-hybridized carbons (Fsp3) is 0.571. The van der Waals surface area contributed by atoms with Crippen LogP contribution in [0, 0.1) is 0 Å². The number of anilines is 1. The van der Waals surface area contributed by atoms with Crippen LogP contribution < -0.4 is 10.6 Å². The molecule has 0 atom stereocenters. The lowest BCUT2D eigenvalue weighted by Crippen LogP contribution is -2.28. The van der Waals surface area contributed by atoms with Crippen molar-refractivity contribution in [3.63, 3.8) is 0 Å². The zero-order valence-electron chi connectivity index (χ0n) is 11.1. The molecule has 18 heavy (non-hydrogen) atoms. The van der Waals surface area contributed by atoms with Crippen molar-refractivity contribution in [2.75, 3.05) is 23.7 Å². The number of thioether (sulfide) groups is 1. The SMILES string of the molecule is CC1(C)CCN(c2ccc(Br)cc2CN)CCS1. The molecule has 0 unspecified atom stereocenters. The van der Waals surface area contributed by atoms with Gasteiger partial charge in [-0.3, -0.25) is 0 Å². The van der Waals surface area contributed by atoms with E-state index in [1.54, 1.807) is 0 Å². The monoisotopic (exact) mass is 328 g/mol. The highest BCUT2D eigenvalue weighted by molar-refractivity contribution is 9.10. The Hall–Kier alpha value is -0.190. The lowest BCUT2D eigenvalue weighted by molar-refractivity contribution is 0.637. The molecule has 1 aliphatic heterocycles. The molecule has 0 amide bonds. The minimum absolute atomic E-state index is 0.396. The molecule has 100 valence electrons. The first-order valence-corrected chi connectivity index (χ1v) is 8.17. The van der Waals surface area contributed by atoms with E-state index in [0.717, 1.165) is 17.6 Å². The maximum atomic E-state index is 5.87. The van der Waals surface area contributed by atoms with E-state index >= 15 is 0 Å². The lowest BCUT2D eigenvalue weighted by Gasteiger charge is -2.26. The Kier molecular flexibility index (Phi) is 4.62. The molecule has 2 nitrogen and oxygen atoms in total. The van der Waals surface area contributed by atoms with Crippen molar-refractivity contribution < 1.29 is 0 Å². The number of halogens is 1. The van der Waals surface area contributed by atoms with Gasteiger partial charge in [0, 0.05) is 40.3 Å². The molecule has 0 bridgehead atoms. The van der Waals surface area contributed by atoms with Gasteiger partial charge in [0.05, 0.1) is 0 Å². The van der Waals surface area contributed by atoms with Gasteiger partial charge in [-0.1, -0.05) is 29.8 Å². The summed E-state index contributed by atoms with van der Waals surface area (Å²) in [6, 6.07) is 6.44. The third kappa shape index (κ3) is 3.43. The highest BCUT2D eigenvalue weighted by atomic mass is 79.9. The maximum absolute atomic E-state index is 5.87. The highest BCUT2D eigenvalue weighted by Crippen LogP contribution is 2.33. The van der Waals surface area contributed by atoms with Gasteiger partial charge in [0.1, 0.15) is 0 Å². The van der Waals surface area contributed by atoms with Crippen LogP contribution in [0.25, 0.3) is 0 Å². The Bertz CT molecular complexity index is 420. The first-order chi connectivity index (χ1) is 8.52. The van der Waals surface area contributed by atoms with Gasteiger partial charge in [0.2, 0.25) is 0 Å². The topological polar surface area (TPSA) is 29.3 Å². The minimum Gasteiger partial charge on any atom is -0.370 e. The predicted octanol–water partition coefficient (Wildman–Crippen LogP) is 3.63. The largest absolute Gasteiger partial charge is 0.370 e. The third-order valence-electron chi connectivity index (χ3n) is 3.44. The van der Waals surface area contributed by atoms with E-state index in [1.807, 2.05) is 0 Å². The number of rotatable bonds is 2. The van der Waals surface area contributed by atoms with Crippen LogP contribution in [0.15, 0.2) is 22.7 Å². The van der Waals surface area contributed by atoms with Crippen molar-refractivity contribution in [3.05, 3.63) is 28.2 Å². The second-order valence-electron chi connectivity index (χ2n) is 5.32. The van der Waals surface area contributed by atoms with Crippen LogP contribution in [-0.2, 0) is 6.54 Å². The molecule has 0 aliphatic carbocycles. The van der Waals surface area contributed by atoms with Crippen molar-refractivity contribution >= 4 is 33.4 Å². The standard InChI is InChI=1S/C14H21BrN2S/c1-14(2)5-6-17(7-8-18-14)13-4-3-12(15)9-11(13)10-16/h3-4,9H,5-8,10,16H2,1-2H3. The number of hydrogen-bond acceptors (Lipinski definition) is 3. The molecule has 0 spiro atoms. The molecular formula is C14H21BrN2S. The van der Waals surface area contributed by atoms with Crippen LogP contribution in [0.2, 0.25) is 0 Å². The molecule has 1 aliphatic rings. The van der Waals surface area contributed by atoms with E-state index in [0.29, 0.717) is 11.3 Å². The number of nitrogens with two attached hydrogens (primary N) is 1. The molecule has 0 saturated carbocycles. The van der Waals surface area contributed by atoms with Crippen LogP contribution in [0.1, 0.15) is 25.8 Å². The average Bonchev–Trinajstić information content (AvgIpc) is 2.50. The molecule has 1 aromatic rings. The van der Waals surface area contributed by atoms with Crippen molar-refractivity contribution in [1.82, 2.24) is 0 Å². The summed E-state index contributed by atoms with van der Waals surface area (Å²) in [4.78, 5) is 2.48. The Morgan fingerprint density at radius 1 is 1.39 bits per heavy atom. The highest BCUT2D eigenvalue weighted by Gasteiger charge is 2.24. The van der Waals surface area contributed by atoms with Crippen molar-refractivity contribution in [2.24, 2.45) is 5.73 Å². The van der Waals surface area contributed by atoms with Crippen LogP contribution >= 0.6 is 27.7 Å². The van der Waals surface area contributed by atoms with Gasteiger partial charge in [0.25, 0.3) is 0 Å². The van der Waals surface area contributed by atoms with E-state index in [-0.39, 0.29) is 0 Å². The van der Waals surface area contributed by atoms with Crippen molar-refractivity contribution in [2.45, 2.75) is 31.6 Å². The third-order valence-corrected chi connectivity index (χ3v) is 5.31. The molecule has 1 aromatic carbocycles. The van der Waals surface area contributed by atoms with Crippen molar-refractivity contribution in [1.29, 1.82) is 0 Å².